The van der Waals surface area contributed by atoms with Crippen LogP contribution in [-0.2, 0) is 4.74 Å². The van der Waals surface area contributed by atoms with Crippen molar-refractivity contribution in [2.24, 2.45) is 0 Å². The van der Waals surface area contributed by atoms with Gasteiger partial charge in [0.05, 0.1) is 22.9 Å². The molecule has 0 aliphatic rings. The molecule has 0 spiro atoms. The van der Waals surface area contributed by atoms with Gasteiger partial charge in [0.1, 0.15) is 5.56 Å². The quantitative estimate of drug-likeness (QED) is 0.695. The summed E-state index contributed by atoms with van der Waals surface area (Å²) in [6.45, 7) is 3.63. The van der Waals surface area contributed by atoms with Crippen LogP contribution >= 0.6 is 11.3 Å². The Morgan fingerprint density at radius 1 is 1.40 bits per heavy atom. The Morgan fingerprint density at radius 2 is 2.25 bits per heavy atom. The molecule has 102 valence electrons. The monoisotopic (exact) mass is 287 g/mol. The van der Waals surface area contributed by atoms with Crippen LogP contribution in [0.5, 0.6) is 0 Å². The highest BCUT2D eigenvalue weighted by Gasteiger charge is 2.18. The summed E-state index contributed by atoms with van der Waals surface area (Å²) in [6, 6.07) is 5.86. The third kappa shape index (κ3) is 2.18. The van der Waals surface area contributed by atoms with Crippen LogP contribution in [0.2, 0.25) is 0 Å². The van der Waals surface area contributed by atoms with E-state index in [0.717, 1.165) is 10.6 Å². The Bertz CT molecular complexity index is 747. The maximum Gasteiger partial charge on any atom is 0.343 e. The van der Waals surface area contributed by atoms with Gasteiger partial charge in [0.25, 0.3) is 0 Å². The van der Waals surface area contributed by atoms with Crippen molar-refractivity contribution in [3.05, 3.63) is 41.5 Å². The van der Waals surface area contributed by atoms with Gasteiger partial charge >= 0.3 is 5.97 Å². The normalized spacial score (nSPS) is 11.2. The molecule has 5 nitrogen and oxygen atoms in total. The van der Waals surface area contributed by atoms with Crippen LogP contribution in [0.25, 0.3) is 16.2 Å². The lowest BCUT2D eigenvalue weighted by Crippen LogP contribution is -2.11. The number of hydrogen-bond acceptors (Lipinski definition) is 5. The molecule has 3 heterocycles. The molecule has 0 aliphatic carbocycles. The number of carbonyl (C=O) groups is 1. The Labute approximate surface area is 119 Å². The SMILES string of the molecule is CC(C)OC(=O)c1cnn2c(-c3cccs3)ccnc12. The van der Waals surface area contributed by atoms with Gasteiger partial charge in [0, 0.05) is 6.20 Å². The van der Waals surface area contributed by atoms with Crippen molar-refractivity contribution < 1.29 is 9.53 Å². The van der Waals surface area contributed by atoms with Crippen LogP contribution in [0.3, 0.4) is 0 Å². The summed E-state index contributed by atoms with van der Waals surface area (Å²) in [6.07, 6.45) is 3.01. The zero-order valence-corrected chi connectivity index (χ0v) is 11.9. The minimum Gasteiger partial charge on any atom is -0.459 e. The van der Waals surface area contributed by atoms with Crippen LogP contribution in [-0.4, -0.2) is 26.7 Å². The first kappa shape index (κ1) is 12.8. The average Bonchev–Trinajstić information content (AvgIpc) is 3.07. The van der Waals surface area contributed by atoms with Crippen molar-refractivity contribution >= 4 is 23.0 Å². The van der Waals surface area contributed by atoms with E-state index in [-0.39, 0.29) is 6.10 Å². The number of esters is 1. The molecule has 3 aromatic heterocycles. The van der Waals surface area contributed by atoms with E-state index in [1.807, 2.05) is 37.4 Å². The average molecular weight is 287 g/mol. The van der Waals surface area contributed by atoms with Crippen LogP contribution < -0.4 is 0 Å². The molecule has 20 heavy (non-hydrogen) atoms. The van der Waals surface area contributed by atoms with Gasteiger partial charge in [0.15, 0.2) is 5.65 Å². The second-order valence-corrected chi connectivity index (χ2v) is 5.50. The number of carbonyl (C=O) groups excluding carboxylic acids is 1. The molecule has 0 saturated carbocycles. The van der Waals surface area contributed by atoms with E-state index < -0.39 is 5.97 Å². The van der Waals surface area contributed by atoms with E-state index in [2.05, 4.69) is 10.1 Å². The highest BCUT2D eigenvalue weighted by atomic mass is 32.1. The summed E-state index contributed by atoms with van der Waals surface area (Å²) in [4.78, 5) is 17.3. The number of aromatic nitrogens is 3. The lowest BCUT2D eigenvalue weighted by atomic mass is 10.3. The first-order chi connectivity index (χ1) is 9.66. The zero-order chi connectivity index (χ0) is 14.1. The fourth-order valence-electron chi connectivity index (χ4n) is 1.92. The molecule has 0 radical (unpaired) electrons. The summed E-state index contributed by atoms with van der Waals surface area (Å²) in [5.41, 5.74) is 1.81. The largest absolute Gasteiger partial charge is 0.459 e. The molecule has 0 amide bonds. The number of nitrogens with zero attached hydrogens (tertiary/aromatic N) is 3. The molecule has 0 N–H and O–H groups in total. The summed E-state index contributed by atoms with van der Waals surface area (Å²) in [5.74, 6) is -0.397. The molecule has 3 rings (SSSR count). The van der Waals surface area contributed by atoms with E-state index >= 15 is 0 Å². The summed E-state index contributed by atoms with van der Waals surface area (Å²) in [7, 11) is 0. The van der Waals surface area contributed by atoms with E-state index in [1.165, 1.54) is 6.20 Å². The molecule has 0 atom stereocenters. The molecular formula is C14H13N3O2S. The molecular weight excluding hydrogens is 274 g/mol. The van der Waals surface area contributed by atoms with Crippen molar-refractivity contribution in [1.29, 1.82) is 0 Å². The summed E-state index contributed by atoms with van der Waals surface area (Å²) >= 11 is 1.61. The smallest absolute Gasteiger partial charge is 0.343 e. The standard InChI is InChI=1S/C14H13N3O2S/c1-9(2)19-14(18)10-8-16-17-11(5-6-15-13(10)17)12-4-3-7-20-12/h3-9H,1-2H3. The van der Waals surface area contributed by atoms with Crippen LogP contribution in [0.4, 0.5) is 0 Å². The zero-order valence-electron chi connectivity index (χ0n) is 11.1. The van der Waals surface area contributed by atoms with Gasteiger partial charge in [-0.1, -0.05) is 6.07 Å². The van der Waals surface area contributed by atoms with Crippen molar-refractivity contribution in [1.82, 2.24) is 14.6 Å². The van der Waals surface area contributed by atoms with Gasteiger partial charge in [0.2, 0.25) is 0 Å². The topological polar surface area (TPSA) is 56.5 Å². The summed E-state index contributed by atoms with van der Waals surface area (Å²) in [5, 5.41) is 6.26. The van der Waals surface area contributed by atoms with Gasteiger partial charge in [-0.3, -0.25) is 0 Å². The predicted octanol–water partition coefficient (Wildman–Crippen LogP) is 3.02. The lowest BCUT2D eigenvalue weighted by Gasteiger charge is -2.06. The van der Waals surface area contributed by atoms with Gasteiger partial charge in [-0.2, -0.15) is 5.10 Å². The second kappa shape index (κ2) is 5.05. The molecule has 0 aliphatic heterocycles. The Hall–Kier alpha value is -2.21. The van der Waals surface area contributed by atoms with Crippen molar-refractivity contribution in [2.45, 2.75) is 20.0 Å². The minimum absolute atomic E-state index is 0.169. The predicted molar refractivity (Wildman–Crippen MR) is 76.9 cm³/mol. The van der Waals surface area contributed by atoms with E-state index in [0.29, 0.717) is 11.2 Å². The van der Waals surface area contributed by atoms with E-state index in [9.17, 15) is 4.79 Å². The van der Waals surface area contributed by atoms with Crippen LogP contribution in [0.15, 0.2) is 36.0 Å². The first-order valence-electron chi connectivity index (χ1n) is 6.24. The molecule has 3 aromatic rings. The fourth-order valence-corrected chi connectivity index (χ4v) is 2.66. The maximum absolute atomic E-state index is 12.0. The van der Waals surface area contributed by atoms with E-state index in [1.54, 1.807) is 22.0 Å². The number of rotatable bonds is 3. The fraction of sp³-hybridized carbons (Fsp3) is 0.214. The van der Waals surface area contributed by atoms with E-state index in [4.69, 9.17) is 4.74 Å². The minimum atomic E-state index is -0.397. The third-order valence-corrected chi connectivity index (χ3v) is 3.63. The molecule has 0 unspecified atom stereocenters. The van der Waals surface area contributed by atoms with Crippen LogP contribution in [0, 0.1) is 0 Å². The molecule has 0 bridgehead atoms. The highest BCUT2D eigenvalue weighted by molar-refractivity contribution is 7.13. The second-order valence-electron chi connectivity index (χ2n) is 4.56. The first-order valence-corrected chi connectivity index (χ1v) is 7.12. The van der Waals surface area contributed by atoms with Gasteiger partial charge in [-0.15, -0.1) is 11.3 Å². The lowest BCUT2D eigenvalue weighted by molar-refractivity contribution is 0.0380. The summed E-state index contributed by atoms with van der Waals surface area (Å²) < 4.78 is 6.87. The Balaban J connectivity index is 2.10. The van der Waals surface area contributed by atoms with Crippen molar-refractivity contribution in [3.8, 4) is 10.6 Å². The number of thiophene rings is 1. The number of hydrogen-bond donors (Lipinski definition) is 0. The highest BCUT2D eigenvalue weighted by Crippen LogP contribution is 2.25. The molecule has 0 fully saturated rings. The van der Waals surface area contributed by atoms with Crippen molar-refractivity contribution in [3.63, 3.8) is 0 Å². The maximum atomic E-state index is 12.0. The van der Waals surface area contributed by atoms with Gasteiger partial charge in [-0.25, -0.2) is 14.3 Å². The molecule has 0 saturated heterocycles. The molecule has 0 aromatic carbocycles. The Morgan fingerprint density at radius 3 is 2.95 bits per heavy atom. The molecule has 6 heteroatoms. The number of fused-ring (bicyclic) bond motifs is 1. The van der Waals surface area contributed by atoms with Gasteiger partial charge in [-0.05, 0) is 31.4 Å². The van der Waals surface area contributed by atoms with Gasteiger partial charge < -0.3 is 4.74 Å². The van der Waals surface area contributed by atoms with Crippen LogP contribution in [0.1, 0.15) is 24.2 Å². The third-order valence-electron chi connectivity index (χ3n) is 2.74. The number of ether oxygens (including phenoxy) is 1. The Kier molecular flexibility index (Phi) is 3.23. The van der Waals surface area contributed by atoms with Crippen molar-refractivity contribution in [2.75, 3.05) is 0 Å².